The minimum atomic E-state index is -0.312. The number of rotatable bonds is 5. The Morgan fingerprint density at radius 1 is 1.00 bits per heavy atom. The Kier molecular flexibility index (Phi) is 5.56. The van der Waals surface area contributed by atoms with Crippen molar-refractivity contribution in [2.45, 2.75) is 13.0 Å². The van der Waals surface area contributed by atoms with E-state index in [2.05, 4.69) is 15.1 Å². The summed E-state index contributed by atoms with van der Waals surface area (Å²) in [4.78, 5) is 17.4. The van der Waals surface area contributed by atoms with Gasteiger partial charge in [0.2, 0.25) is 5.91 Å². The Labute approximate surface area is 192 Å². The number of amides is 1. The lowest BCUT2D eigenvalue weighted by molar-refractivity contribution is -0.120. The largest absolute Gasteiger partial charge is 0.506 e. The predicted molar refractivity (Wildman–Crippen MR) is 130 cm³/mol. The molecule has 7 nitrogen and oxygen atoms in total. The number of hydrogen-bond donors (Lipinski definition) is 2. The zero-order valence-electron chi connectivity index (χ0n) is 18.7. The molecule has 0 radical (unpaired) electrons. The maximum atomic E-state index is 13.1. The van der Waals surface area contributed by atoms with Gasteiger partial charge in [0.1, 0.15) is 22.7 Å². The van der Waals surface area contributed by atoms with Gasteiger partial charge in [-0.1, -0.05) is 30.3 Å². The summed E-state index contributed by atoms with van der Waals surface area (Å²) in [6.07, 6.45) is 0. The number of furan rings is 1. The van der Waals surface area contributed by atoms with Gasteiger partial charge in [-0.3, -0.25) is 9.69 Å². The van der Waals surface area contributed by atoms with Gasteiger partial charge >= 0.3 is 0 Å². The fourth-order valence-electron chi connectivity index (χ4n) is 4.50. The van der Waals surface area contributed by atoms with Gasteiger partial charge in [0.15, 0.2) is 0 Å². The van der Waals surface area contributed by atoms with Gasteiger partial charge < -0.3 is 24.5 Å². The molecule has 33 heavy (non-hydrogen) atoms. The first-order valence-corrected chi connectivity index (χ1v) is 11.1. The minimum Gasteiger partial charge on any atom is -0.506 e. The molecule has 1 fully saturated rings. The highest BCUT2D eigenvalue weighted by Crippen LogP contribution is 2.36. The molecule has 0 bridgehead atoms. The van der Waals surface area contributed by atoms with Crippen LogP contribution < -0.4 is 15.0 Å². The standard InChI is InChI=1S/C26H27N3O4/c1-17(28-11-13-29(14-12-28)21-8-4-5-9-22(21)30)26(31)27-20-16-24-19(15-25(20)32-2)18-7-3-6-10-23(18)33-24/h3-10,15-17,30H,11-14H2,1-2H3,(H,27,31)/t17-/m1/s1. The molecule has 2 heterocycles. The highest BCUT2D eigenvalue weighted by molar-refractivity contribution is 6.08. The van der Waals surface area contributed by atoms with E-state index in [1.807, 2.05) is 61.5 Å². The molecule has 1 saturated heterocycles. The maximum absolute atomic E-state index is 13.1. The maximum Gasteiger partial charge on any atom is 0.241 e. The first kappa shape index (κ1) is 21.2. The molecule has 4 aromatic rings. The number of ether oxygens (including phenoxy) is 1. The summed E-state index contributed by atoms with van der Waals surface area (Å²) < 4.78 is 11.5. The van der Waals surface area contributed by atoms with Crippen molar-refractivity contribution >= 4 is 39.2 Å². The molecule has 1 atom stereocenters. The number of hydrogen-bond acceptors (Lipinski definition) is 6. The molecule has 5 rings (SSSR count). The number of phenolic OH excluding ortho intramolecular Hbond substituents is 1. The lowest BCUT2D eigenvalue weighted by atomic mass is 10.1. The third kappa shape index (κ3) is 3.96. The number of benzene rings is 3. The molecular weight excluding hydrogens is 418 g/mol. The lowest BCUT2D eigenvalue weighted by Gasteiger charge is -2.38. The van der Waals surface area contributed by atoms with Gasteiger partial charge in [0, 0.05) is 43.0 Å². The average Bonchev–Trinajstić information content (AvgIpc) is 3.20. The van der Waals surface area contributed by atoms with Crippen LogP contribution in [0.1, 0.15) is 6.92 Å². The molecule has 170 valence electrons. The Hall–Kier alpha value is -3.71. The van der Waals surface area contributed by atoms with Crippen LogP contribution in [0.15, 0.2) is 65.1 Å². The zero-order valence-corrected chi connectivity index (χ0v) is 18.7. The average molecular weight is 446 g/mol. The quantitative estimate of drug-likeness (QED) is 0.473. The minimum absolute atomic E-state index is 0.0974. The van der Waals surface area contributed by atoms with E-state index >= 15 is 0 Å². The number of phenols is 1. The summed E-state index contributed by atoms with van der Waals surface area (Å²) in [5.41, 5.74) is 2.93. The van der Waals surface area contributed by atoms with Crippen LogP contribution in [0, 0.1) is 0 Å². The smallest absolute Gasteiger partial charge is 0.241 e. The molecule has 0 saturated carbocycles. The van der Waals surface area contributed by atoms with Crippen molar-refractivity contribution in [3.8, 4) is 11.5 Å². The summed E-state index contributed by atoms with van der Waals surface area (Å²) >= 11 is 0. The van der Waals surface area contributed by atoms with E-state index in [4.69, 9.17) is 9.15 Å². The SMILES string of the molecule is COc1cc2c(cc1NC(=O)[C@@H](C)N1CCN(c3ccccc3O)CC1)oc1ccccc12. The fourth-order valence-corrected chi connectivity index (χ4v) is 4.50. The number of methoxy groups -OCH3 is 1. The topological polar surface area (TPSA) is 78.2 Å². The molecular formula is C26H27N3O4. The first-order valence-electron chi connectivity index (χ1n) is 11.1. The van der Waals surface area contributed by atoms with Crippen LogP contribution in [0.3, 0.4) is 0 Å². The van der Waals surface area contributed by atoms with Crippen LogP contribution in [-0.4, -0.2) is 55.2 Å². The second kappa shape index (κ2) is 8.67. The number of carbonyl (C=O) groups excluding carboxylic acids is 1. The van der Waals surface area contributed by atoms with Gasteiger partial charge in [-0.2, -0.15) is 0 Å². The first-order chi connectivity index (χ1) is 16.0. The van der Waals surface area contributed by atoms with Crippen molar-refractivity contribution in [3.05, 3.63) is 60.7 Å². The number of anilines is 2. The Balaban J connectivity index is 1.30. The molecule has 0 spiro atoms. The predicted octanol–water partition coefficient (Wildman–Crippen LogP) is 4.45. The molecule has 1 aromatic heterocycles. The molecule has 1 amide bonds. The second-order valence-corrected chi connectivity index (χ2v) is 8.32. The Morgan fingerprint density at radius 3 is 2.48 bits per heavy atom. The summed E-state index contributed by atoms with van der Waals surface area (Å²) in [7, 11) is 1.60. The highest BCUT2D eigenvalue weighted by Gasteiger charge is 2.27. The van der Waals surface area contributed by atoms with Crippen molar-refractivity contribution in [3.63, 3.8) is 0 Å². The monoisotopic (exact) mass is 445 g/mol. The highest BCUT2D eigenvalue weighted by atomic mass is 16.5. The molecule has 2 N–H and O–H groups in total. The third-order valence-electron chi connectivity index (χ3n) is 6.42. The summed E-state index contributed by atoms with van der Waals surface area (Å²) in [5, 5.41) is 15.1. The van der Waals surface area contributed by atoms with Gasteiger partial charge in [-0.15, -0.1) is 0 Å². The van der Waals surface area contributed by atoms with Gasteiger partial charge in [-0.05, 0) is 31.2 Å². The number of fused-ring (bicyclic) bond motifs is 3. The van der Waals surface area contributed by atoms with Crippen molar-refractivity contribution in [1.29, 1.82) is 0 Å². The van der Waals surface area contributed by atoms with Crippen molar-refractivity contribution < 1.29 is 19.1 Å². The molecule has 7 heteroatoms. The van der Waals surface area contributed by atoms with Gasteiger partial charge in [0.05, 0.1) is 24.5 Å². The van der Waals surface area contributed by atoms with Gasteiger partial charge in [0.25, 0.3) is 0 Å². The van der Waals surface area contributed by atoms with E-state index in [1.54, 1.807) is 13.2 Å². The fraction of sp³-hybridized carbons (Fsp3) is 0.269. The number of para-hydroxylation sites is 3. The van der Waals surface area contributed by atoms with Crippen molar-refractivity contribution in [2.24, 2.45) is 0 Å². The summed E-state index contributed by atoms with van der Waals surface area (Å²) in [5.74, 6) is 0.781. The molecule has 3 aromatic carbocycles. The van der Waals surface area contributed by atoms with E-state index in [0.717, 1.165) is 48.2 Å². The summed E-state index contributed by atoms with van der Waals surface area (Å²) in [6, 6.07) is 18.6. The third-order valence-corrected chi connectivity index (χ3v) is 6.42. The molecule has 0 aliphatic carbocycles. The van der Waals surface area contributed by atoms with Crippen LogP contribution in [0.25, 0.3) is 21.9 Å². The van der Waals surface area contributed by atoms with Crippen molar-refractivity contribution in [1.82, 2.24) is 4.90 Å². The number of nitrogens with zero attached hydrogens (tertiary/aromatic N) is 2. The Bertz CT molecular complexity index is 1310. The van der Waals surface area contributed by atoms with Crippen LogP contribution >= 0.6 is 0 Å². The number of nitrogens with one attached hydrogen (secondary N) is 1. The molecule has 1 aliphatic rings. The molecule has 1 aliphatic heterocycles. The second-order valence-electron chi connectivity index (χ2n) is 8.32. The van der Waals surface area contributed by atoms with E-state index in [9.17, 15) is 9.90 Å². The number of aromatic hydroxyl groups is 1. The van der Waals surface area contributed by atoms with E-state index in [1.165, 1.54) is 0 Å². The normalized spacial score (nSPS) is 15.6. The van der Waals surface area contributed by atoms with E-state index in [-0.39, 0.29) is 17.7 Å². The van der Waals surface area contributed by atoms with Crippen LogP contribution in [0.4, 0.5) is 11.4 Å². The Morgan fingerprint density at radius 2 is 1.73 bits per heavy atom. The lowest BCUT2D eigenvalue weighted by Crippen LogP contribution is -2.52. The van der Waals surface area contributed by atoms with Crippen LogP contribution in [0.5, 0.6) is 11.5 Å². The van der Waals surface area contributed by atoms with E-state index < -0.39 is 0 Å². The zero-order chi connectivity index (χ0) is 22.9. The van der Waals surface area contributed by atoms with Crippen molar-refractivity contribution in [2.75, 3.05) is 43.5 Å². The van der Waals surface area contributed by atoms with Gasteiger partial charge in [-0.25, -0.2) is 0 Å². The number of piperazine rings is 1. The van der Waals surface area contributed by atoms with Crippen LogP contribution in [0.2, 0.25) is 0 Å². The summed E-state index contributed by atoms with van der Waals surface area (Å²) in [6.45, 7) is 4.84. The number of carbonyl (C=O) groups is 1. The molecule has 0 unspecified atom stereocenters. The van der Waals surface area contributed by atoms with Crippen LogP contribution in [-0.2, 0) is 4.79 Å². The van der Waals surface area contributed by atoms with E-state index in [0.29, 0.717) is 17.0 Å².